The van der Waals surface area contributed by atoms with Gasteiger partial charge in [0.25, 0.3) is 0 Å². The summed E-state index contributed by atoms with van der Waals surface area (Å²) in [7, 11) is 0. The zero-order chi connectivity index (χ0) is 50.1. The van der Waals surface area contributed by atoms with Gasteiger partial charge in [0, 0.05) is 44.3 Å². The van der Waals surface area contributed by atoms with E-state index in [-0.39, 0.29) is 52.1 Å². The fourth-order valence-corrected chi connectivity index (χ4v) is 8.32. The first-order valence-corrected chi connectivity index (χ1v) is 22.9. The van der Waals surface area contributed by atoms with E-state index >= 15 is 0 Å². The van der Waals surface area contributed by atoms with Crippen LogP contribution in [0.25, 0.3) is 90.9 Å². The molecule has 2 aliphatic heterocycles. The first kappa shape index (κ1) is 47.6. The minimum Gasteiger partial charge on any atom is -0.493 e. The number of aromatic nitrogens is 4. The Morgan fingerprint density at radius 1 is 0.333 bits per heavy atom. The number of aromatic amines is 2. The average molecular weight is 967 g/mol. The number of benzene rings is 4. The van der Waals surface area contributed by atoms with E-state index in [1.54, 1.807) is 48.5 Å². The molecular formula is C56H46N4O12. The summed E-state index contributed by atoms with van der Waals surface area (Å²) in [5.41, 5.74) is 11.7. The number of hydrogen-bond donors (Lipinski definition) is 6. The molecule has 3 aromatic heterocycles. The molecule has 0 aliphatic carbocycles. The number of carboxylic acids is 4. The van der Waals surface area contributed by atoms with Crippen molar-refractivity contribution in [3.05, 3.63) is 144 Å². The van der Waals surface area contributed by atoms with Crippen molar-refractivity contribution in [2.24, 2.45) is 0 Å². The number of nitrogens with one attached hydrogen (secondary N) is 2. The molecule has 0 amide bonds. The molecule has 0 saturated carbocycles. The number of carbonyl (C=O) groups is 4. The third kappa shape index (κ3) is 11.2. The van der Waals surface area contributed by atoms with Crippen LogP contribution in [0.15, 0.2) is 121 Å². The zero-order valence-corrected chi connectivity index (χ0v) is 38.5. The Morgan fingerprint density at radius 3 is 0.736 bits per heavy atom. The molecule has 9 rings (SSSR count). The highest BCUT2D eigenvalue weighted by Gasteiger charge is 2.20. The van der Waals surface area contributed by atoms with Crippen LogP contribution in [0, 0.1) is 0 Å². The lowest BCUT2D eigenvalue weighted by Crippen LogP contribution is -2.04. The van der Waals surface area contributed by atoms with E-state index in [0.717, 1.165) is 66.6 Å². The average Bonchev–Trinajstić information content (AvgIpc) is 4.22. The van der Waals surface area contributed by atoms with E-state index in [1.807, 2.05) is 97.1 Å². The van der Waals surface area contributed by atoms with Gasteiger partial charge < -0.3 is 49.3 Å². The smallest absolute Gasteiger partial charge is 0.306 e. The molecular weight excluding hydrogens is 921 g/mol. The van der Waals surface area contributed by atoms with Gasteiger partial charge in [-0.05, 0) is 119 Å². The number of hydrogen-bond acceptors (Lipinski definition) is 10. The molecule has 16 nitrogen and oxygen atoms in total. The number of aliphatic carboxylic acids is 4. The molecule has 362 valence electrons. The van der Waals surface area contributed by atoms with Crippen molar-refractivity contribution in [1.82, 2.24) is 19.9 Å². The predicted octanol–water partition coefficient (Wildman–Crippen LogP) is 10.7. The Hall–Kier alpha value is -9.44. The van der Waals surface area contributed by atoms with Crippen LogP contribution in [0.3, 0.4) is 0 Å². The molecule has 4 aromatic carbocycles. The van der Waals surface area contributed by atoms with E-state index < -0.39 is 23.9 Å². The van der Waals surface area contributed by atoms with E-state index in [1.165, 1.54) is 0 Å². The van der Waals surface area contributed by atoms with Crippen molar-refractivity contribution in [2.45, 2.75) is 25.7 Å². The molecule has 0 radical (unpaired) electrons. The van der Waals surface area contributed by atoms with Gasteiger partial charge in [0.05, 0.1) is 74.9 Å². The molecule has 72 heavy (non-hydrogen) atoms. The van der Waals surface area contributed by atoms with Crippen molar-refractivity contribution in [3.8, 4) is 67.5 Å². The second-order valence-electron chi connectivity index (χ2n) is 16.6. The molecule has 0 unspecified atom stereocenters. The minimum atomic E-state index is -0.961. The Morgan fingerprint density at radius 2 is 0.542 bits per heavy atom. The van der Waals surface area contributed by atoms with Crippen LogP contribution in [0.2, 0.25) is 0 Å². The van der Waals surface area contributed by atoms with Gasteiger partial charge in [0.15, 0.2) is 0 Å². The maximum Gasteiger partial charge on any atom is 0.306 e. The number of rotatable bonds is 20. The van der Waals surface area contributed by atoms with Gasteiger partial charge in [-0.3, -0.25) is 19.2 Å². The van der Waals surface area contributed by atoms with Crippen molar-refractivity contribution in [2.75, 3.05) is 26.4 Å². The summed E-state index contributed by atoms with van der Waals surface area (Å²) in [5, 5.41) is 36.7. The molecule has 0 atom stereocenters. The van der Waals surface area contributed by atoms with E-state index in [9.17, 15) is 39.6 Å². The Bertz CT molecular complexity index is 2970. The molecule has 7 aromatic rings. The highest BCUT2D eigenvalue weighted by atomic mass is 16.5. The van der Waals surface area contributed by atoms with Crippen LogP contribution in [0.5, 0.6) is 23.0 Å². The predicted molar refractivity (Wildman–Crippen MR) is 272 cm³/mol. The number of fused-ring (bicyclic) bond motifs is 8. The molecule has 6 N–H and O–H groups in total. The number of nitrogens with zero attached hydrogens (tertiary/aromatic N) is 2. The van der Waals surface area contributed by atoms with Crippen LogP contribution < -0.4 is 18.9 Å². The Labute approximate surface area is 411 Å². The standard InChI is InChI=1S/C56H46N4O12/c61-49(62)25-29-69-37-9-1-33(2-10-37)53-41-17-19-43(57-41)54(34-3-11-38(12-4-34)70-30-26-50(63)64)45-21-23-47(59-45)56(36-7-15-40(16-8-36)72-32-28-52(67)68)48-24-22-46(60-48)55(44-20-18-42(53)58-44)35-5-13-39(14-6-35)71-31-27-51(65)66/h1-24,57,60H,25-32H2,(H,61,62)(H,63,64)(H,65,66)(H,67,68). The quantitative estimate of drug-likeness (QED) is 0.0416. The van der Waals surface area contributed by atoms with E-state index in [4.69, 9.17) is 28.9 Å². The van der Waals surface area contributed by atoms with E-state index in [0.29, 0.717) is 45.8 Å². The van der Waals surface area contributed by atoms with Crippen LogP contribution in [-0.4, -0.2) is 90.7 Å². The number of ether oxygens (including phenoxy) is 4. The third-order valence-corrected chi connectivity index (χ3v) is 11.7. The highest BCUT2D eigenvalue weighted by molar-refractivity contribution is 6.00. The Balaban J connectivity index is 1.29. The fraction of sp³-hybridized carbons (Fsp3) is 0.143. The van der Waals surface area contributed by atoms with Gasteiger partial charge in [0.1, 0.15) is 23.0 Å². The lowest BCUT2D eigenvalue weighted by Gasteiger charge is -2.09. The minimum absolute atomic E-state index is 0.00964. The third-order valence-electron chi connectivity index (χ3n) is 11.7. The summed E-state index contributed by atoms with van der Waals surface area (Å²) in [6.07, 6.45) is 7.20. The summed E-state index contributed by atoms with van der Waals surface area (Å²) in [4.78, 5) is 62.8. The normalized spacial score (nSPS) is 11.6. The maximum atomic E-state index is 11.2. The van der Waals surface area contributed by atoms with Crippen molar-refractivity contribution >= 4 is 70.2 Å². The first-order chi connectivity index (χ1) is 34.9. The first-order valence-electron chi connectivity index (χ1n) is 22.9. The fourth-order valence-electron chi connectivity index (χ4n) is 8.32. The van der Waals surface area contributed by atoms with Crippen LogP contribution in [0.1, 0.15) is 48.5 Å². The largest absolute Gasteiger partial charge is 0.493 e. The number of carboxylic acid groups (broad SMARTS) is 4. The van der Waals surface area contributed by atoms with Crippen molar-refractivity contribution in [3.63, 3.8) is 0 Å². The van der Waals surface area contributed by atoms with Gasteiger partial charge in [-0.25, -0.2) is 9.97 Å². The molecule has 0 fully saturated rings. The lowest BCUT2D eigenvalue weighted by atomic mass is 10.0. The monoisotopic (exact) mass is 966 g/mol. The highest BCUT2D eigenvalue weighted by Crippen LogP contribution is 2.39. The summed E-state index contributed by atoms with van der Waals surface area (Å²) in [6.45, 7) is 0.0386. The summed E-state index contributed by atoms with van der Waals surface area (Å²) in [6, 6.07) is 37.4. The zero-order valence-electron chi connectivity index (χ0n) is 38.5. The molecule has 2 aliphatic rings. The van der Waals surface area contributed by atoms with Gasteiger partial charge in [-0.15, -0.1) is 0 Å². The summed E-state index contributed by atoms with van der Waals surface area (Å²) < 4.78 is 23.0. The van der Waals surface area contributed by atoms with Gasteiger partial charge in [-0.2, -0.15) is 0 Å². The summed E-state index contributed by atoms with van der Waals surface area (Å²) >= 11 is 0. The molecule has 16 heteroatoms. The molecule has 0 spiro atoms. The van der Waals surface area contributed by atoms with Crippen LogP contribution >= 0.6 is 0 Å². The van der Waals surface area contributed by atoms with Crippen LogP contribution in [-0.2, 0) is 19.2 Å². The Kier molecular flexibility index (Phi) is 14.2. The van der Waals surface area contributed by atoms with Gasteiger partial charge >= 0.3 is 23.9 Å². The topological polar surface area (TPSA) is 243 Å². The summed E-state index contributed by atoms with van der Waals surface area (Å²) in [5.74, 6) is -1.82. The second-order valence-corrected chi connectivity index (χ2v) is 16.6. The molecule has 8 bridgehead atoms. The van der Waals surface area contributed by atoms with Gasteiger partial charge in [-0.1, -0.05) is 48.5 Å². The van der Waals surface area contributed by atoms with Crippen molar-refractivity contribution in [1.29, 1.82) is 0 Å². The maximum absolute atomic E-state index is 11.2. The SMILES string of the molecule is O=C(O)CCOc1ccc(-c2c3nc(c(-c4ccc(OCCC(=O)O)cc4)c4ccc([nH]4)c(-c4ccc(OCCC(=O)O)cc4)c4nc(c(-c5ccc(OCCC(=O)O)cc5)c5ccc2[nH]5)C=C4)C=C3)cc1. The molecule has 0 saturated heterocycles. The molecule has 5 heterocycles. The number of H-pyrrole nitrogens is 2. The van der Waals surface area contributed by atoms with E-state index in [2.05, 4.69) is 9.97 Å². The van der Waals surface area contributed by atoms with Crippen LogP contribution in [0.4, 0.5) is 0 Å². The lowest BCUT2D eigenvalue weighted by molar-refractivity contribution is -0.138. The van der Waals surface area contributed by atoms with Gasteiger partial charge in [0.2, 0.25) is 0 Å². The van der Waals surface area contributed by atoms with Crippen molar-refractivity contribution < 1.29 is 58.6 Å². The second kappa shape index (κ2) is 21.5.